The van der Waals surface area contributed by atoms with Gasteiger partial charge in [0.2, 0.25) is 5.91 Å². The van der Waals surface area contributed by atoms with Crippen LogP contribution in [0.1, 0.15) is 46.4 Å². The lowest BCUT2D eigenvalue weighted by Crippen LogP contribution is -2.54. The number of likely N-dealkylation sites (N-methyl/N-ethyl adjacent to an activating group) is 1. The monoisotopic (exact) mass is 373 g/mol. The molecule has 1 fully saturated rings. The lowest BCUT2D eigenvalue weighted by molar-refractivity contribution is -0.149. The zero-order chi connectivity index (χ0) is 19.7. The first-order valence-corrected chi connectivity index (χ1v) is 8.60. The number of anilines is 1. The van der Waals surface area contributed by atoms with E-state index in [1.165, 1.54) is 13.1 Å². The van der Waals surface area contributed by atoms with Crippen LogP contribution in [-0.4, -0.2) is 64.1 Å². The number of carbonyl (C=O) groups excluding carboxylic acids is 4. The van der Waals surface area contributed by atoms with Crippen LogP contribution < -0.4 is 5.32 Å². The van der Waals surface area contributed by atoms with Crippen LogP contribution >= 0.6 is 0 Å². The fraction of sp³-hybridized carbons (Fsp3) is 0.389. The van der Waals surface area contributed by atoms with Gasteiger partial charge in [0, 0.05) is 32.1 Å². The van der Waals surface area contributed by atoms with Gasteiger partial charge in [0.1, 0.15) is 6.04 Å². The van der Waals surface area contributed by atoms with E-state index in [4.69, 9.17) is 5.11 Å². The largest absolute Gasteiger partial charge is 0.481 e. The van der Waals surface area contributed by atoms with Crippen LogP contribution in [0.25, 0.3) is 0 Å². The van der Waals surface area contributed by atoms with Crippen molar-refractivity contribution < 1.29 is 29.1 Å². The number of imide groups is 2. The van der Waals surface area contributed by atoms with Crippen LogP contribution in [0.4, 0.5) is 5.69 Å². The summed E-state index contributed by atoms with van der Waals surface area (Å²) >= 11 is 0. The van der Waals surface area contributed by atoms with Gasteiger partial charge in [0.15, 0.2) is 0 Å². The van der Waals surface area contributed by atoms with Gasteiger partial charge in [-0.15, -0.1) is 0 Å². The second kappa shape index (κ2) is 7.18. The fourth-order valence-electron chi connectivity index (χ4n) is 3.33. The van der Waals surface area contributed by atoms with Crippen LogP contribution in [0.2, 0.25) is 0 Å². The lowest BCUT2D eigenvalue weighted by atomic mass is 10.0. The summed E-state index contributed by atoms with van der Waals surface area (Å²) in [5.41, 5.74) is 0.784. The smallest absolute Gasteiger partial charge is 0.303 e. The highest BCUT2D eigenvalue weighted by Crippen LogP contribution is 2.33. The molecule has 0 aliphatic carbocycles. The Morgan fingerprint density at radius 3 is 2.67 bits per heavy atom. The number of rotatable bonds is 6. The Labute approximate surface area is 154 Å². The lowest BCUT2D eigenvalue weighted by Gasteiger charge is -2.32. The van der Waals surface area contributed by atoms with Gasteiger partial charge < -0.3 is 10.4 Å². The highest BCUT2D eigenvalue weighted by molar-refractivity contribution is 6.25. The van der Waals surface area contributed by atoms with Gasteiger partial charge in [-0.2, -0.15) is 0 Å². The molecule has 0 aromatic heterocycles. The Hall–Kier alpha value is -3.23. The number of carboxylic acids is 1. The highest BCUT2D eigenvalue weighted by Gasteiger charge is 2.46. The van der Waals surface area contributed by atoms with Crippen LogP contribution in [0.3, 0.4) is 0 Å². The maximum absolute atomic E-state index is 12.9. The maximum Gasteiger partial charge on any atom is 0.303 e. The molecule has 142 valence electrons. The molecule has 2 aliphatic heterocycles. The fourth-order valence-corrected chi connectivity index (χ4v) is 3.33. The molecule has 2 aliphatic rings. The molecule has 1 aromatic rings. The minimum Gasteiger partial charge on any atom is -0.481 e. The number of hydrogen-bond donors (Lipinski definition) is 2. The summed E-state index contributed by atoms with van der Waals surface area (Å²) < 4.78 is 0. The number of aliphatic carboxylic acids is 1. The quantitative estimate of drug-likeness (QED) is 0.556. The van der Waals surface area contributed by atoms with E-state index in [2.05, 4.69) is 5.32 Å². The molecular formula is C18H19N3O6. The van der Waals surface area contributed by atoms with Crippen molar-refractivity contribution >= 4 is 35.3 Å². The summed E-state index contributed by atoms with van der Waals surface area (Å²) in [6, 6.07) is 3.76. The van der Waals surface area contributed by atoms with E-state index in [0.717, 1.165) is 9.80 Å². The van der Waals surface area contributed by atoms with Crippen molar-refractivity contribution in [1.29, 1.82) is 0 Å². The van der Waals surface area contributed by atoms with E-state index < -0.39 is 29.7 Å². The number of hydrogen-bond acceptors (Lipinski definition) is 6. The van der Waals surface area contributed by atoms with E-state index in [1.807, 2.05) is 0 Å². The molecule has 0 bridgehead atoms. The van der Waals surface area contributed by atoms with Gasteiger partial charge in [-0.25, -0.2) is 0 Å². The third-order valence-electron chi connectivity index (χ3n) is 4.76. The van der Waals surface area contributed by atoms with Crippen LogP contribution in [0.5, 0.6) is 0 Å². The Kier molecular flexibility index (Phi) is 4.93. The topological polar surface area (TPSA) is 124 Å². The van der Waals surface area contributed by atoms with E-state index in [9.17, 15) is 24.0 Å². The zero-order valence-corrected chi connectivity index (χ0v) is 14.7. The summed E-state index contributed by atoms with van der Waals surface area (Å²) in [6.07, 6.45) is 0.534. The van der Waals surface area contributed by atoms with E-state index in [0.29, 0.717) is 18.7 Å². The Morgan fingerprint density at radius 2 is 1.96 bits per heavy atom. The SMILES string of the molecule is CN1C(=O)CCC(N2C(=O)c3cccc(NCCCC(=O)O)c3C2=O)C1=O. The Balaban J connectivity index is 1.83. The molecule has 9 nitrogen and oxygen atoms in total. The molecule has 0 saturated carbocycles. The molecule has 0 spiro atoms. The molecule has 1 atom stereocenters. The second-order valence-corrected chi connectivity index (χ2v) is 6.48. The average Bonchev–Trinajstić information content (AvgIpc) is 2.89. The van der Waals surface area contributed by atoms with Crippen LogP contribution in [0, 0.1) is 0 Å². The first-order chi connectivity index (χ1) is 12.8. The van der Waals surface area contributed by atoms with Crippen molar-refractivity contribution in [2.24, 2.45) is 0 Å². The number of carbonyl (C=O) groups is 5. The predicted octanol–water partition coefficient (Wildman–Crippen LogP) is 0.707. The Morgan fingerprint density at radius 1 is 1.22 bits per heavy atom. The molecule has 1 aromatic carbocycles. The Bertz CT molecular complexity index is 849. The minimum absolute atomic E-state index is 0.0159. The first-order valence-electron chi connectivity index (χ1n) is 8.60. The number of benzene rings is 1. The molecule has 1 unspecified atom stereocenters. The molecule has 0 radical (unpaired) electrons. The number of nitrogens with one attached hydrogen (secondary N) is 1. The molecule has 1 saturated heterocycles. The van der Waals surface area contributed by atoms with Crippen LogP contribution in [-0.2, 0) is 14.4 Å². The third kappa shape index (κ3) is 3.27. The van der Waals surface area contributed by atoms with Crippen molar-refractivity contribution in [1.82, 2.24) is 9.80 Å². The standard InChI is InChI=1S/C18H19N3O6/c1-20-13(22)8-7-12(17(20)26)21-16(25)10-4-2-5-11(15(10)18(21)27)19-9-3-6-14(23)24/h2,4-5,12,19H,3,6-9H2,1H3,(H,23,24). The number of likely N-dealkylation sites (tertiary alicyclic amines) is 1. The molecular weight excluding hydrogens is 354 g/mol. The number of carboxylic acid groups (broad SMARTS) is 1. The molecule has 9 heteroatoms. The van der Waals surface area contributed by atoms with Crippen molar-refractivity contribution in [2.45, 2.75) is 31.7 Å². The number of amides is 4. The minimum atomic E-state index is -1.00. The summed E-state index contributed by atoms with van der Waals surface area (Å²) in [6.45, 7) is 0.323. The van der Waals surface area contributed by atoms with E-state index in [-0.39, 0.29) is 36.3 Å². The van der Waals surface area contributed by atoms with Gasteiger partial charge >= 0.3 is 5.97 Å². The predicted molar refractivity (Wildman–Crippen MR) is 93.1 cm³/mol. The molecule has 2 heterocycles. The normalized spacial score (nSPS) is 19.5. The van der Waals surface area contributed by atoms with E-state index in [1.54, 1.807) is 12.1 Å². The summed E-state index contributed by atoms with van der Waals surface area (Å²) in [5, 5.41) is 11.7. The van der Waals surface area contributed by atoms with Crippen LogP contribution in [0.15, 0.2) is 18.2 Å². The van der Waals surface area contributed by atoms with E-state index >= 15 is 0 Å². The molecule has 3 rings (SSSR count). The van der Waals surface area contributed by atoms with Crippen molar-refractivity contribution in [3.63, 3.8) is 0 Å². The molecule has 2 N–H and O–H groups in total. The van der Waals surface area contributed by atoms with Gasteiger partial charge in [0.25, 0.3) is 17.7 Å². The summed E-state index contributed by atoms with van der Waals surface area (Å²) in [7, 11) is 1.34. The maximum atomic E-state index is 12.9. The summed E-state index contributed by atoms with van der Waals surface area (Å²) in [5.74, 6) is -2.98. The van der Waals surface area contributed by atoms with Gasteiger partial charge in [-0.1, -0.05) is 6.07 Å². The van der Waals surface area contributed by atoms with Crippen molar-refractivity contribution in [2.75, 3.05) is 18.9 Å². The first kappa shape index (κ1) is 18.6. The molecule has 27 heavy (non-hydrogen) atoms. The van der Waals surface area contributed by atoms with Gasteiger partial charge in [0.05, 0.1) is 11.1 Å². The summed E-state index contributed by atoms with van der Waals surface area (Å²) in [4.78, 5) is 62.2. The highest BCUT2D eigenvalue weighted by atomic mass is 16.4. The van der Waals surface area contributed by atoms with Crippen molar-refractivity contribution in [3.05, 3.63) is 29.3 Å². The van der Waals surface area contributed by atoms with Crippen molar-refractivity contribution in [3.8, 4) is 0 Å². The molecule has 4 amide bonds. The average molecular weight is 373 g/mol. The number of nitrogens with zero attached hydrogens (tertiary/aromatic N) is 2. The van der Waals surface area contributed by atoms with Gasteiger partial charge in [-0.3, -0.25) is 33.8 Å². The third-order valence-corrected chi connectivity index (χ3v) is 4.76. The number of fused-ring (bicyclic) bond motifs is 1. The zero-order valence-electron chi connectivity index (χ0n) is 14.7. The number of piperidine rings is 1. The van der Waals surface area contributed by atoms with Gasteiger partial charge in [-0.05, 0) is 25.0 Å². The second-order valence-electron chi connectivity index (χ2n) is 6.48.